The lowest BCUT2D eigenvalue weighted by Crippen LogP contribution is -2.71. The summed E-state index contributed by atoms with van der Waals surface area (Å²) >= 11 is 0. The van der Waals surface area contributed by atoms with E-state index in [0.29, 0.717) is 0 Å². The van der Waals surface area contributed by atoms with E-state index in [1.165, 1.54) is 41.2 Å². The standard InChI is InChI=1S/C11H24O6Si3/c1-9-18(12-4,13-5)17-20(11-3,16-8)19(10-2,14-6)15-7/h9-11H,1-3H2,4-8H3. The molecular formula is C11H24O6Si3. The summed E-state index contributed by atoms with van der Waals surface area (Å²) in [4.78, 5) is 0. The van der Waals surface area contributed by atoms with Gasteiger partial charge < -0.3 is 26.2 Å². The molecule has 0 fully saturated rings. The largest absolute Gasteiger partial charge is 0.519 e. The summed E-state index contributed by atoms with van der Waals surface area (Å²) in [5.74, 6) is 0. The van der Waals surface area contributed by atoms with Crippen molar-refractivity contribution in [3.8, 4) is 0 Å². The summed E-state index contributed by atoms with van der Waals surface area (Å²) in [5, 5.41) is 0. The Kier molecular flexibility index (Phi) is 8.02. The first-order valence-corrected chi connectivity index (χ1v) is 12.4. The first-order valence-electron chi connectivity index (χ1n) is 5.81. The summed E-state index contributed by atoms with van der Waals surface area (Å²) in [7, 11) is -1.66. The van der Waals surface area contributed by atoms with Crippen molar-refractivity contribution in [1.29, 1.82) is 0 Å². The third kappa shape index (κ3) is 3.27. The number of hydrogen-bond donors (Lipinski definition) is 0. The highest BCUT2D eigenvalue weighted by Crippen LogP contribution is 2.29. The third-order valence-corrected chi connectivity index (χ3v) is 17.8. The van der Waals surface area contributed by atoms with E-state index in [1.54, 1.807) is 11.4 Å². The van der Waals surface area contributed by atoms with E-state index in [-0.39, 0.29) is 0 Å². The number of hydrogen-bond acceptors (Lipinski definition) is 6. The summed E-state index contributed by atoms with van der Waals surface area (Å²) < 4.78 is 33.7. The highest BCUT2D eigenvalue weighted by atomic mass is 29.3. The molecule has 0 bridgehead atoms. The molecule has 0 aliphatic heterocycles. The van der Waals surface area contributed by atoms with Crippen LogP contribution in [0.25, 0.3) is 0 Å². The molecule has 6 nitrogen and oxygen atoms in total. The van der Waals surface area contributed by atoms with Crippen molar-refractivity contribution in [3.05, 3.63) is 36.8 Å². The molecule has 9 heteroatoms. The summed E-state index contributed by atoms with van der Waals surface area (Å²) in [6, 6.07) is 0. The highest BCUT2D eigenvalue weighted by Gasteiger charge is 2.64. The lowest BCUT2D eigenvalue weighted by atomic mass is 11.3. The Balaban J connectivity index is 5.89. The highest BCUT2D eigenvalue weighted by molar-refractivity contribution is 7.37. The molecule has 0 aromatic heterocycles. The molecule has 0 spiro atoms. The fourth-order valence-corrected chi connectivity index (χ4v) is 15.1. The van der Waals surface area contributed by atoms with Gasteiger partial charge in [0.25, 0.3) is 0 Å². The van der Waals surface area contributed by atoms with Crippen LogP contribution in [0, 0.1) is 0 Å². The SMILES string of the molecule is C=C[Si](OC)(OC)O[Si](C=C)(OC)[Si](C=C)(OC)OC. The minimum Gasteiger partial charge on any atom is -0.394 e. The minimum atomic E-state index is -3.14. The van der Waals surface area contributed by atoms with Crippen LogP contribution in [-0.2, 0) is 26.2 Å². The van der Waals surface area contributed by atoms with Gasteiger partial charge in [-0.25, -0.2) is 0 Å². The van der Waals surface area contributed by atoms with Crippen LogP contribution in [-0.4, -0.2) is 60.5 Å². The fraction of sp³-hybridized carbons (Fsp3) is 0.455. The second-order valence-corrected chi connectivity index (χ2v) is 15.8. The van der Waals surface area contributed by atoms with Crippen LogP contribution in [0.15, 0.2) is 36.8 Å². The second-order valence-electron chi connectivity index (χ2n) is 3.67. The van der Waals surface area contributed by atoms with E-state index in [1.807, 2.05) is 0 Å². The first kappa shape index (κ1) is 19.6. The van der Waals surface area contributed by atoms with Crippen molar-refractivity contribution in [3.63, 3.8) is 0 Å². The van der Waals surface area contributed by atoms with Crippen molar-refractivity contribution in [2.24, 2.45) is 0 Å². The van der Waals surface area contributed by atoms with Crippen molar-refractivity contribution < 1.29 is 26.2 Å². The maximum Gasteiger partial charge on any atom is 0.519 e. The van der Waals surface area contributed by atoms with Gasteiger partial charge in [0, 0.05) is 35.5 Å². The Morgan fingerprint density at radius 3 is 1.20 bits per heavy atom. The molecule has 0 saturated carbocycles. The first-order chi connectivity index (χ1) is 9.44. The van der Waals surface area contributed by atoms with E-state index in [9.17, 15) is 0 Å². The lowest BCUT2D eigenvalue weighted by Gasteiger charge is -2.41. The molecule has 0 aromatic rings. The fourth-order valence-electron chi connectivity index (χ4n) is 1.79. The van der Waals surface area contributed by atoms with Crippen molar-refractivity contribution in [2.45, 2.75) is 0 Å². The molecule has 0 radical (unpaired) electrons. The Labute approximate surface area is 124 Å². The van der Waals surface area contributed by atoms with E-state index in [2.05, 4.69) is 19.7 Å². The van der Waals surface area contributed by atoms with Gasteiger partial charge in [0.2, 0.25) is 0 Å². The van der Waals surface area contributed by atoms with Gasteiger partial charge in [0.05, 0.1) is 0 Å². The van der Waals surface area contributed by atoms with Gasteiger partial charge in [0.15, 0.2) is 0 Å². The molecule has 0 aliphatic carbocycles. The molecule has 0 amide bonds. The van der Waals surface area contributed by atoms with Crippen molar-refractivity contribution in [2.75, 3.05) is 35.5 Å². The van der Waals surface area contributed by atoms with Gasteiger partial charge in [-0.05, 0) is 17.1 Å². The van der Waals surface area contributed by atoms with Crippen LogP contribution < -0.4 is 0 Å². The van der Waals surface area contributed by atoms with Gasteiger partial charge in [-0.3, -0.25) is 0 Å². The topological polar surface area (TPSA) is 55.4 Å². The summed E-state index contributed by atoms with van der Waals surface area (Å²) in [6.45, 7) is 11.3. The van der Waals surface area contributed by atoms with E-state index < -0.39 is 25.0 Å². The van der Waals surface area contributed by atoms with Gasteiger partial charge in [0.1, 0.15) is 0 Å². The molecule has 0 saturated heterocycles. The lowest BCUT2D eigenvalue weighted by molar-refractivity contribution is 0.148. The smallest absolute Gasteiger partial charge is 0.394 e. The van der Waals surface area contributed by atoms with Crippen LogP contribution >= 0.6 is 0 Å². The monoisotopic (exact) mass is 336 g/mol. The normalized spacial score (nSPS) is 15.4. The second kappa shape index (κ2) is 8.17. The van der Waals surface area contributed by atoms with E-state index >= 15 is 0 Å². The van der Waals surface area contributed by atoms with Crippen LogP contribution in [0.2, 0.25) is 0 Å². The Bertz CT molecular complexity index is 343. The van der Waals surface area contributed by atoms with Crippen LogP contribution in [0.4, 0.5) is 0 Å². The summed E-state index contributed by atoms with van der Waals surface area (Å²) in [6.07, 6.45) is 0. The zero-order chi connectivity index (χ0) is 15.9. The molecule has 0 rings (SSSR count). The molecule has 1 unspecified atom stereocenters. The average Bonchev–Trinajstić information content (AvgIpc) is 2.53. The van der Waals surface area contributed by atoms with E-state index in [0.717, 1.165) is 0 Å². The molecule has 116 valence electrons. The Hall–Kier alpha value is -0.369. The zero-order valence-electron chi connectivity index (χ0n) is 12.8. The maximum absolute atomic E-state index is 6.13. The molecule has 0 N–H and O–H groups in total. The predicted molar refractivity (Wildman–Crippen MR) is 84.0 cm³/mol. The average molecular weight is 337 g/mol. The molecule has 20 heavy (non-hydrogen) atoms. The van der Waals surface area contributed by atoms with Gasteiger partial charge in [-0.1, -0.05) is 6.58 Å². The minimum absolute atomic E-state index is 1.49. The molecule has 0 aliphatic rings. The predicted octanol–water partition coefficient (Wildman–Crippen LogP) is 1.31. The van der Waals surface area contributed by atoms with Crippen LogP contribution in [0.5, 0.6) is 0 Å². The van der Waals surface area contributed by atoms with Crippen molar-refractivity contribution >= 4 is 25.0 Å². The van der Waals surface area contributed by atoms with Gasteiger partial charge in [-0.2, -0.15) is 0 Å². The van der Waals surface area contributed by atoms with Crippen molar-refractivity contribution in [1.82, 2.24) is 0 Å². The Morgan fingerprint density at radius 2 is 1.00 bits per heavy atom. The molecule has 0 heterocycles. The number of rotatable bonds is 11. The van der Waals surface area contributed by atoms with Crippen LogP contribution in [0.3, 0.4) is 0 Å². The maximum atomic E-state index is 6.13. The van der Waals surface area contributed by atoms with Gasteiger partial charge in [-0.15, -0.1) is 13.2 Å². The van der Waals surface area contributed by atoms with Crippen LogP contribution in [0.1, 0.15) is 0 Å². The molecule has 1 atom stereocenters. The zero-order valence-corrected chi connectivity index (χ0v) is 15.8. The summed E-state index contributed by atoms with van der Waals surface area (Å²) in [5.41, 5.74) is 4.72. The quantitative estimate of drug-likeness (QED) is 0.530. The Morgan fingerprint density at radius 1 is 0.600 bits per heavy atom. The molecule has 0 aromatic carbocycles. The molecular weight excluding hydrogens is 312 g/mol. The van der Waals surface area contributed by atoms with Gasteiger partial charge >= 0.3 is 25.0 Å². The third-order valence-electron chi connectivity index (χ3n) is 3.05. The van der Waals surface area contributed by atoms with E-state index in [4.69, 9.17) is 26.2 Å².